The van der Waals surface area contributed by atoms with Crippen molar-refractivity contribution in [3.63, 3.8) is 0 Å². The maximum Gasteiger partial charge on any atom is 0.422 e. The minimum Gasteiger partial charge on any atom is -0.460 e. The number of halogens is 3. The average molecular weight is 823 g/mol. The van der Waals surface area contributed by atoms with Gasteiger partial charge in [-0.2, -0.15) is 18.2 Å². The number of nitrogens with zero attached hydrogens (tertiary/aromatic N) is 1. The molecule has 3 saturated heterocycles. The van der Waals surface area contributed by atoms with Crippen LogP contribution in [0, 0.1) is 5.41 Å². The van der Waals surface area contributed by atoms with Crippen molar-refractivity contribution in [3.05, 3.63) is 113 Å². The molecule has 2 N–H and O–H groups in total. The Labute approximate surface area is 338 Å². The van der Waals surface area contributed by atoms with E-state index in [4.69, 9.17) is 23.8 Å². The minimum atomic E-state index is -4.68. The lowest BCUT2D eigenvalue weighted by atomic mass is 9.62. The highest BCUT2D eigenvalue weighted by Gasteiger charge is 2.76. The number of alkyl halides is 3. The summed E-state index contributed by atoms with van der Waals surface area (Å²) in [4.78, 5) is 60.4. The van der Waals surface area contributed by atoms with Gasteiger partial charge in [-0.25, -0.2) is 4.79 Å². The van der Waals surface area contributed by atoms with Crippen LogP contribution in [-0.4, -0.2) is 95.5 Å². The van der Waals surface area contributed by atoms with Crippen molar-refractivity contribution in [1.29, 1.82) is 0 Å². The summed E-state index contributed by atoms with van der Waals surface area (Å²) >= 11 is 0. The number of ether oxygens (including phenoxy) is 5. The summed E-state index contributed by atoms with van der Waals surface area (Å²) in [5.41, 5.74) is -0.0932. The van der Waals surface area contributed by atoms with Crippen molar-refractivity contribution >= 4 is 29.9 Å². The first-order valence-corrected chi connectivity index (χ1v) is 19.3. The Morgan fingerprint density at radius 3 is 2.25 bits per heavy atom. The van der Waals surface area contributed by atoms with Gasteiger partial charge in [0.15, 0.2) is 12.6 Å². The van der Waals surface area contributed by atoms with Gasteiger partial charge >= 0.3 is 24.1 Å². The number of fused-ring (bicyclic) bond motifs is 4. The lowest BCUT2D eigenvalue weighted by Gasteiger charge is -2.49. The molecule has 1 saturated carbocycles. The lowest BCUT2D eigenvalue weighted by Crippen LogP contribution is -2.70. The number of hydrogen-bond donors (Lipinski definition) is 2. The van der Waals surface area contributed by atoms with Gasteiger partial charge in [0.1, 0.15) is 35.4 Å². The fraction of sp³-hybridized carbons (Fsp3) is 0.442. The van der Waals surface area contributed by atoms with E-state index < -0.39 is 96.5 Å². The van der Waals surface area contributed by atoms with Crippen LogP contribution in [0.15, 0.2) is 91.0 Å². The molecule has 3 heterocycles. The normalized spacial score (nSPS) is 26.5. The number of esters is 3. The van der Waals surface area contributed by atoms with E-state index in [9.17, 15) is 37.5 Å². The molecule has 1 aliphatic carbocycles. The van der Waals surface area contributed by atoms with E-state index in [1.54, 1.807) is 45.0 Å². The zero-order valence-electron chi connectivity index (χ0n) is 32.6. The summed E-state index contributed by atoms with van der Waals surface area (Å²) in [6, 6.07) is 22.9. The number of hydroxylamine groups is 2. The summed E-state index contributed by atoms with van der Waals surface area (Å²) in [6.07, 6.45) is -6.57. The Hall–Kier alpha value is -5.13. The topological polar surface area (TPSA) is 159 Å². The molecule has 7 unspecified atom stereocenters. The fourth-order valence-corrected chi connectivity index (χ4v) is 8.24. The number of aliphatic hydroxyl groups excluding tert-OH is 1. The van der Waals surface area contributed by atoms with E-state index in [1.807, 2.05) is 60.7 Å². The third kappa shape index (κ3) is 8.77. The Bertz CT molecular complexity index is 2020. The summed E-state index contributed by atoms with van der Waals surface area (Å²) < 4.78 is 67.3. The molecule has 13 nitrogen and oxygen atoms in total. The van der Waals surface area contributed by atoms with Crippen LogP contribution in [0.25, 0.3) is 6.08 Å². The lowest BCUT2D eigenvalue weighted by molar-refractivity contribution is -0.213. The van der Waals surface area contributed by atoms with Crippen LogP contribution in [0.4, 0.5) is 13.2 Å². The van der Waals surface area contributed by atoms with Gasteiger partial charge in [0.05, 0.1) is 19.2 Å². The van der Waals surface area contributed by atoms with Crippen LogP contribution in [0.2, 0.25) is 0 Å². The van der Waals surface area contributed by atoms with Crippen LogP contribution in [0.5, 0.6) is 0 Å². The smallest absolute Gasteiger partial charge is 0.422 e. The van der Waals surface area contributed by atoms with Gasteiger partial charge in [0, 0.05) is 30.0 Å². The first-order chi connectivity index (χ1) is 28.0. The van der Waals surface area contributed by atoms with E-state index >= 15 is 0 Å². The van der Waals surface area contributed by atoms with Crippen molar-refractivity contribution in [2.24, 2.45) is 5.41 Å². The molecule has 0 spiro atoms. The van der Waals surface area contributed by atoms with Gasteiger partial charge < -0.3 is 34.1 Å². The fourth-order valence-electron chi connectivity index (χ4n) is 8.24. The number of carbonyl (C=O) groups excluding carboxylic acids is 4. The third-order valence-corrected chi connectivity index (χ3v) is 10.6. The molecule has 0 aromatic heterocycles. The number of benzene rings is 3. The second-order valence-electron chi connectivity index (χ2n) is 16.0. The number of hydrogen-bond acceptors (Lipinski definition) is 12. The molecule has 7 atom stereocenters. The SMILES string of the molecule is CC(C)(C)OC(=O)CCC(CO)NC(=O)C12CC3OC(=O)C1N(Cc1cccc(C=CC(=O)OCC(F)(F)F)c1)OC2C1OC(c2ccccc2)(c2ccccc2)OC31. The zero-order valence-corrected chi connectivity index (χ0v) is 32.6. The van der Waals surface area contributed by atoms with Gasteiger partial charge in [-0.05, 0) is 44.4 Å². The number of carbonyl (C=O) groups is 4. The van der Waals surface area contributed by atoms with E-state index in [0.717, 1.165) is 6.08 Å². The molecule has 0 radical (unpaired) electrons. The van der Waals surface area contributed by atoms with Gasteiger partial charge in [0.2, 0.25) is 11.7 Å². The average Bonchev–Trinajstić information content (AvgIpc) is 3.77. The molecular weight excluding hydrogens is 777 g/mol. The van der Waals surface area contributed by atoms with Gasteiger partial charge in [0.25, 0.3) is 0 Å². The van der Waals surface area contributed by atoms with Gasteiger partial charge in [-0.3, -0.25) is 19.2 Å². The minimum absolute atomic E-state index is 0.0341. The maximum atomic E-state index is 14.9. The van der Waals surface area contributed by atoms with Crippen LogP contribution >= 0.6 is 0 Å². The van der Waals surface area contributed by atoms with Crippen molar-refractivity contribution < 1.29 is 66.0 Å². The zero-order chi connectivity index (χ0) is 42.2. The van der Waals surface area contributed by atoms with E-state index in [1.165, 1.54) is 11.1 Å². The Morgan fingerprint density at radius 2 is 1.63 bits per heavy atom. The highest BCUT2D eigenvalue weighted by atomic mass is 19.4. The molecule has 2 bridgehead atoms. The second kappa shape index (κ2) is 16.5. The van der Waals surface area contributed by atoms with E-state index in [-0.39, 0.29) is 25.8 Å². The number of aliphatic hydroxyl groups is 1. The largest absolute Gasteiger partial charge is 0.460 e. The molecule has 7 rings (SSSR count). The van der Waals surface area contributed by atoms with Crippen molar-refractivity contribution in [2.45, 2.75) is 101 Å². The molecule has 3 aromatic rings. The number of rotatable bonds is 13. The highest BCUT2D eigenvalue weighted by Crippen LogP contribution is 2.59. The van der Waals surface area contributed by atoms with Crippen molar-refractivity contribution in [1.82, 2.24) is 10.4 Å². The Kier molecular flexibility index (Phi) is 11.7. The monoisotopic (exact) mass is 822 g/mol. The van der Waals surface area contributed by atoms with E-state index in [2.05, 4.69) is 10.1 Å². The predicted molar refractivity (Wildman–Crippen MR) is 201 cm³/mol. The predicted octanol–water partition coefficient (Wildman–Crippen LogP) is 4.89. The molecule has 3 aromatic carbocycles. The summed E-state index contributed by atoms with van der Waals surface area (Å²) in [5, 5.41) is 14.7. The maximum absolute atomic E-state index is 14.9. The molecule has 16 heteroatoms. The second-order valence-corrected chi connectivity index (χ2v) is 16.0. The van der Waals surface area contributed by atoms with Crippen LogP contribution < -0.4 is 5.32 Å². The van der Waals surface area contributed by atoms with Crippen LogP contribution in [0.1, 0.15) is 62.3 Å². The van der Waals surface area contributed by atoms with E-state index in [0.29, 0.717) is 22.3 Å². The molecular formula is C43H45F3N2O11. The summed E-state index contributed by atoms with van der Waals surface area (Å²) in [6.45, 7) is 2.87. The van der Waals surface area contributed by atoms with Crippen molar-refractivity contribution in [2.75, 3.05) is 13.2 Å². The molecule has 4 aliphatic rings. The Balaban J connectivity index is 1.22. The quantitative estimate of drug-likeness (QED) is 0.137. The molecule has 1 amide bonds. The van der Waals surface area contributed by atoms with Crippen molar-refractivity contribution in [3.8, 4) is 0 Å². The first kappa shape index (κ1) is 42.0. The van der Waals surface area contributed by atoms with Gasteiger partial charge in [-0.1, -0.05) is 84.9 Å². The highest BCUT2D eigenvalue weighted by molar-refractivity contribution is 5.94. The Morgan fingerprint density at radius 1 is 0.966 bits per heavy atom. The standard InChI is InChI=1S/C43H45F3N2O11/c1-40(2,3)56-33(51)20-18-30(24-49)47-39(53)41-22-31-34-35(58-43(57-34,28-13-6-4-7-14-28)29-15-8-5-9-16-29)37(41)59-48(36(41)38(52)55-31)23-27-12-10-11-26(21-27)17-19-32(50)54-25-42(44,45)46/h4-17,19,21,30-31,34-37,49H,18,20,22-25H2,1-3H3,(H,47,53). The van der Waals surface area contributed by atoms with Crippen LogP contribution in [-0.2, 0) is 60.0 Å². The third-order valence-electron chi connectivity index (χ3n) is 10.6. The number of amides is 1. The molecule has 59 heavy (non-hydrogen) atoms. The van der Waals surface area contributed by atoms with Gasteiger partial charge in [-0.15, -0.1) is 0 Å². The molecule has 314 valence electrons. The first-order valence-electron chi connectivity index (χ1n) is 19.3. The number of nitrogens with one attached hydrogen (secondary N) is 1. The summed E-state index contributed by atoms with van der Waals surface area (Å²) in [7, 11) is 0. The molecule has 3 aliphatic heterocycles. The summed E-state index contributed by atoms with van der Waals surface area (Å²) in [5.74, 6) is -4.56. The molecule has 4 fully saturated rings. The van der Waals surface area contributed by atoms with Crippen LogP contribution in [0.3, 0.4) is 0 Å².